The van der Waals surface area contributed by atoms with Crippen molar-refractivity contribution in [1.29, 1.82) is 0 Å². The molecule has 19 heavy (non-hydrogen) atoms. The minimum atomic E-state index is -0.275. The van der Waals surface area contributed by atoms with Gasteiger partial charge in [0.1, 0.15) is 0 Å². The number of benzene rings is 1. The van der Waals surface area contributed by atoms with E-state index in [4.69, 9.17) is 0 Å². The number of hydrogen-bond donors (Lipinski definition) is 2. The molecule has 1 heterocycles. The van der Waals surface area contributed by atoms with E-state index in [1.54, 1.807) is 11.8 Å². The first-order valence-electron chi connectivity index (χ1n) is 6.92. The van der Waals surface area contributed by atoms with Crippen molar-refractivity contribution in [2.45, 2.75) is 23.8 Å². The lowest BCUT2D eigenvalue weighted by atomic mass is 9.90. The van der Waals surface area contributed by atoms with Crippen LogP contribution in [-0.4, -0.2) is 49.0 Å². The van der Waals surface area contributed by atoms with E-state index in [9.17, 15) is 5.11 Å². The second-order valence-electron chi connectivity index (χ2n) is 5.25. The average Bonchev–Trinajstić information content (AvgIpc) is 2.76. The lowest BCUT2D eigenvalue weighted by molar-refractivity contribution is 0.0452. The van der Waals surface area contributed by atoms with Gasteiger partial charge in [0.05, 0.1) is 12.1 Å². The van der Waals surface area contributed by atoms with Gasteiger partial charge in [-0.05, 0) is 43.8 Å². The van der Waals surface area contributed by atoms with Crippen LogP contribution >= 0.6 is 11.8 Å². The van der Waals surface area contributed by atoms with Crippen molar-refractivity contribution in [2.75, 3.05) is 39.0 Å². The van der Waals surface area contributed by atoms with E-state index in [-0.39, 0.29) is 12.1 Å². The molecule has 0 spiro atoms. The van der Waals surface area contributed by atoms with Crippen molar-refractivity contribution in [2.24, 2.45) is 0 Å². The van der Waals surface area contributed by atoms with Gasteiger partial charge in [-0.2, -0.15) is 0 Å². The molecular formula is C15H24N2OS. The van der Waals surface area contributed by atoms with Gasteiger partial charge in [0.2, 0.25) is 0 Å². The van der Waals surface area contributed by atoms with Crippen LogP contribution in [0.3, 0.4) is 0 Å². The molecule has 0 bridgehead atoms. The van der Waals surface area contributed by atoms with Gasteiger partial charge < -0.3 is 10.4 Å². The van der Waals surface area contributed by atoms with Gasteiger partial charge in [-0.1, -0.05) is 12.1 Å². The first kappa shape index (κ1) is 14.9. The normalized spacial score (nSPS) is 20.8. The summed E-state index contributed by atoms with van der Waals surface area (Å²) in [6, 6.07) is 8.59. The number of aliphatic hydroxyl groups excluding tert-OH is 1. The maximum atomic E-state index is 9.94. The number of nitrogens with zero attached hydrogens (tertiary/aromatic N) is 1. The van der Waals surface area contributed by atoms with Gasteiger partial charge in [-0.15, -0.1) is 11.8 Å². The van der Waals surface area contributed by atoms with E-state index < -0.39 is 0 Å². The number of nitrogens with one attached hydrogen (secondary N) is 1. The van der Waals surface area contributed by atoms with Crippen molar-refractivity contribution < 1.29 is 5.11 Å². The van der Waals surface area contributed by atoms with Gasteiger partial charge in [-0.25, -0.2) is 0 Å². The molecule has 1 aromatic rings. The Morgan fingerprint density at radius 2 is 2.00 bits per heavy atom. The van der Waals surface area contributed by atoms with Crippen molar-refractivity contribution in [1.82, 2.24) is 10.2 Å². The molecule has 2 rings (SSSR count). The van der Waals surface area contributed by atoms with Gasteiger partial charge >= 0.3 is 0 Å². The molecule has 1 aliphatic heterocycles. The molecule has 1 aliphatic rings. The maximum Gasteiger partial charge on any atom is 0.0665 e. The summed E-state index contributed by atoms with van der Waals surface area (Å²) >= 11 is 1.75. The average molecular weight is 280 g/mol. The zero-order chi connectivity index (χ0) is 13.7. The first-order valence-corrected chi connectivity index (χ1v) is 8.14. The van der Waals surface area contributed by atoms with Crippen molar-refractivity contribution in [3.05, 3.63) is 29.8 Å². The van der Waals surface area contributed by atoms with Crippen molar-refractivity contribution in [3.63, 3.8) is 0 Å². The summed E-state index contributed by atoms with van der Waals surface area (Å²) in [5.41, 5.74) is 0.929. The largest absolute Gasteiger partial charge is 0.394 e. The van der Waals surface area contributed by atoms with Crippen LogP contribution in [-0.2, 0) is 5.54 Å². The summed E-state index contributed by atoms with van der Waals surface area (Å²) < 4.78 is 0. The van der Waals surface area contributed by atoms with Crippen LogP contribution in [0.5, 0.6) is 0 Å². The van der Waals surface area contributed by atoms with Gasteiger partial charge in [0.15, 0.2) is 0 Å². The highest BCUT2D eigenvalue weighted by atomic mass is 32.2. The Bertz CT molecular complexity index is 388. The minimum absolute atomic E-state index is 0.158. The quantitative estimate of drug-likeness (QED) is 0.826. The Labute approximate surface area is 120 Å². The van der Waals surface area contributed by atoms with Crippen molar-refractivity contribution >= 4 is 11.8 Å². The van der Waals surface area contributed by atoms with Crippen LogP contribution in [0.25, 0.3) is 0 Å². The van der Waals surface area contributed by atoms with Crippen LogP contribution in [0.4, 0.5) is 0 Å². The summed E-state index contributed by atoms with van der Waals surface area (Å²) in [6.45, 7) is 6.40. The summed E-state index contributed by atoms with van der Waals surface area (Å²) in [5, 5.41) is 13.4. The van der Waals surface area contributed by atoms with Gasteiger partial charge in [0.25, 0.3) is 0 Å². The third-order valence-corrected chi connectivity index (χ3v) is 4.80. The third kappa shape index (κ3) is 3.31. The first-order chi connectivity index (χ1) is 9.20. The highest BCUT2D eigenvalue weighted by molar-refractivity contribution is 7.98. The molecule has 0 radical (unpaired) electrons. The molecule has 0 saturated carbocycles. The van der Waals surface area contributed by atoms with Crippen molar-refractivity contribution in [3.8, 4) is 0 Å². The molecule has 4 heteroatoms. The predicted octanol–water partition coefficient (Wildman–Crippen LogP) is 1.91. The molecule has 0 amide bonds. The van der Waals surface area contributed by atoms with Crippen LogP contribution in [0.2, 0.25) is 0 Å². The predicted molar refractivity (Wildman–Crippen MR) is 81.7 cm³/mol. The minimum Gasteiger partial charge on any atom is -0.394 e. The molecule has 106 valence electrons. The van der Waals surface area contributed by atoms with E-state index >= 15 is 0 Å². The van der Waals surface area contributed by atoms with E-state index in [0.717, 1.165) is 32.6 Å². The smallest absolute Gasteiger partial charge is 0.0665 e. The summed E-state index contributed by atoms with van der Waals surface area (Å²) in [6.07, 6.45) is 3.22. The van der Waals surface area contributed by atoms with E-state index in [0.29, 0.717) is 0 Å². The summed E-state index contributed by atoms with van der Waals surface area (Å²) in [7, 11) is 0. The fourth-order valence-corrected chi connectivity index (χ4v) is 3.07. The second-order valence-corrected chi connectivity index (χ2v) is 6.13. The molecule has 1 fully saturated rings. The van der Waals surface area contributed by atoms with Crippen LogP contribution in [0.1, 0.15) is 18.9 Å². The van der Waals surface area contributed by atoms with E-state index in [1.807, 2.05) is 0 Å². The van der Waals surface area contributed by atoms with Gasteiger partial charge in [0, 0.05) is 24.5 Å². The number of hydrogen-bond acceptors (Lipinski definition) is 4. The Kier molecular flexibility index (Phi) is 5.28. The number of aliphatic hydroxyl groups is 1. The third-order valence-electron chi connectivity index (χ3n) is 4.06. The number of rotatable bonds is 4. The summed E-state index contributed by atoms with van der Waals surface area (Å²) in [5.74, 6) is 0. The van der Waals surface area contributed by atoms with E-state index in [2.05, 4.69) is 47.7 Å². The van der Waals surface area contributed by atoms with E-state index in [1.165, 1.54) is 10.5 Å². The standard InChI is InChI=1S/C15H24N2OS/c1-15(12-18,17-10-3-8-16-9-11-17)13-4-6-14(19-2)7-5-13/h4-7,16,18H,3,8-12H2,1-2H3. The number of thioether (sulfide) groups is 1. The molecule has 2 N–H and O–H groups in total. The Morgan fingerprint density at radius 1 is 1.26 bits per heavy atom. The molecule has 1 aromatic carbocycles. The lowest BCUT2D eigenvalue weighted by Gasteiger charge is -2.40. The zero-order valence-electron chi connectivity index (χ0n) is 11.9. The topological polar surface area (TPSA) is 35.5 Å². The van der Waals surface area contributed by atoms with Crippen LogP contribution in [0.15, 0.2) is 29.2 Å². The van der Waals surface area contributed by atoms with Crippen LogP contribution < -0.4 is 5.32 Å². The molecule has 1 unspecified atom stereocenters. The molecule has 1 saturated heterocycles. The lowest BCUT2D eigenvalue weighted by Crippen LogP contribution is -2.48. The highest BCUT2D eigenvalue weighted by Gasteiger charge is 2.33. The summed E-state index contributed by atoms with van der Waals surface area (Å²) in [4.78, 5) is 3.67. The molecule has 1 atom stereocenters. The SMILES string of the molecule is CSc1ccc(C(C)(CO)N2CCCNCC2)cc1. The Morgan fingerprint density at radius 3 is 2.63 bits per heavy atom. The Balaban J connectivity index is 2.23. The fraction of sp³-hybridized carbons (Fsp3) is 0.600. The Hall–Kier alpha value is -0.550. The maximum absolute atomic E-state index is 9.94. The zero-order valence-corrected chi connectivity index (χ0v) is 12.7. The van der Waals surface area contributed by atoms with Crippen LogP contribution in [0, 0.1) is 0 Å². The molecular weight excluding hydrogens is 256 g/mol. The highest BCUT2D eigenvalue weighted by Crippen LogP contribution is 2.29. The molecule has 3 nitrogen and oxygen atoms in total. The fourth-order valence-electron chi connectivity index (χ4n) is 2.66. The molecule has 0 aromatic heterocycles. The monoisotopic (exact) mass is 280 g/mol. The van der Waals surface area contributed by atoms with Gasteiger partial charge in [-0.3, -0.25) is 4.90 Å². The second kappa shape index (κ2) is 6.75. The molecule has 0 aliphatic carbocycles.